The van der Waals surface area contributed by atoms with E-state index in [1.807, 2.05) is 73.2 Å². The minimum absolute atomic E-state index is 0.585. The monoisotopic (exact) mass is 418 g/mol. The maximum atomic E-state index is 6.12. The molecule has 0 spiro atoms. The Morgan fingerprint density at radius 1 is 0.742 bits per heavy atom. The molecule has 0 radical (unpaired) electrons. The van der Waals surface area contributed by atoms with Gasteiger partial charge in [-0.05, 0) is 36.4 Å². The smallest absolute Gasteiger partial charge is 0.0544 e. The van der Waals surface area contributed by atoms with Crippen molar-refractivity contribution in [2.75, 3.05) is 19.6 Å². The van der Waals surface area contributed by atoms with E-state index in [9.17, 15) is 0 Å². The Bertz CT molecular complexity index is 861. The van der Waals surface area contributed by atoms with Gasteiger partial charge in [-0.2, -0.15) is 0 Å². The second kappa shape index (κ2) is 12.4. The van der Waals surface area contributed by atoms with Crippen molar-refractivity contribution in [1.82, 2.24) is 30.2 Å². The molecule has 0 bridgehead atoms. The van der Waals surface area contributed by atoms with Crippen LogP contribution >= 0.6 is 0 Å². The van der Waals surface area contributed by atoms with Crippen LogP contribution in [0.3, 0.4) is 0 Å². The first-order valence-electron chi connectivity index (χ1n) is 10.3. The number of hydrogen-bond donors (Lipinski definition) is 3. The second-order valence-electron chi connectivity index (χ2n) is 7.27. The fraction of sp³-hybridized carbons (Fsp3) is 0.261. The lowest BCUT2D eigenvalue weighted by molar-refractivity contribution is 0.191. The molecule has 0 aromatic carbocycles. The van der Waals surface area contributed by atoms with Gasteiger partial charge in [-0.15, -0.1) is 0 Å². The largest absolute Gasteiger partial charge is 0.400 e. The molecule has 0 atom stereocenters. The molecule has 31 heavy (non-hydrogen) atoms. The number of hydrazine groups is 1. The molecule has 162 valence electrons. The Hall–Kier alpha value is -3.33. The van der Waals surface area contributed by atoms with Crippen LogP contribution in [0.4, 0.5) is 0 Å². The zero-order valence-electron chi connectivity index (χ0n) is 17.6. The molecule has 0 saturated heterocycles. The van der Waals surface area contributed by atoms with Crippen molar-refractivity contribution >= 4 is 0 Å². The number of rotatable bonds is 12. The molecule has 3 aromatic rings. The summed E-state index contributed by atoms with van der Waals surface area (Å²) in [6.07, 6.45) is 7.08. The van der Waals surface area contributed by atoms with Gasteiger partial charge in [0.05, 0.1) is 17.1 Å². The zero-order chi connectivity index (χ0) is 21.7. The van der Waals surface area contributed by atoms with Gasteiger partial charge in [0, 0.05) is 69.8 Å². The summed E-state index contributed by atoms with van der Waals surface area (Å²) < 4.78 is 0. The van der Waals surface area contributed by atoms with E-state index in [1.54, 1.807) is 6.20 Å². The second-order valence-corrected chi connectivity index (χ2v) is 7.27. The lowest BCUT2D eigenvalue weighted by atomic mass is 10.2. The fourth-order valence-corrected chi connectivity index (χ4v) is 3.28. The minimum atomic E-state index is 0.585. The third-order valence-corrected chi connectivity index (χ3v) is 4.74. The lowest BCUT2D eigenvalue weighted by Crippen LogP contribution is -2.37. The van der Waals surface area contributed by atoms with E-state index >= 15 is 0 Å². The van der Waals surface area contributed by atoms with Gasteiger partial charge in [-0.1, -0.05) is 18.2 Å². The van der Waals surface area contributed by atoms with Crippen LogP contribution in [0.5, 0.6) is 0 Å². The van der Waals surface area contributed by atoms with Gasteiger partial charge in [-0.25, -0.2) is 0 Å². The van der Waals surface area contributed by atoms with Crippen LogP contribution in [0.15, 0.2) is 85.1 Å². The molecular formula is C23H30N8. The van der Waals surface area contributed by atoms with Crippen molar-refractivity contribution in [3.8, 4) is 0 Å². The van der Waals surface area contributed by atoms with E-state index in [-0.39, 0.29) is 0 Å². The van der Waals surface area contributed by atoms with Gasteiger partial charge >= 0.3 is 0 Å². The molecule has 0 amide bonds. The van der Waals surface area contributed by atoms with Crippen LogP contribution in [-0.4, -0.2) is 44.4 Å². The van der Waals surface area contributed by atoms with Gasteiger partial charge in [0.2, 0.25) is 0 Å². The summed E-state index contributed by atoms with van der Waals surface area (Å²) in [5.74, 6) is 5.39. The van der Waals surface area contributed by atoms with E-state index in [4.69, 9.17) is 11.6 Å². The van der Waals surface area contributed by atoms with Crippen molar-refractivity contribution in [2.24, 2.45) is 11.6 Å². The van der Waals surface area contributed by atoms with Gasteiger partial charge < -0.3 is 11.2 Å². The van der Waals surface area contributed by atoms with Crippen LogP contribution in [0.25, 0.3) is 0 Å². The molecule has 0 aliphatic heterocycles. The molecule has 5 N–H and O–H groups in total. The molecule has 0 unspecified atom stereocenters. The molecule has 0 fully saturated rings. The third-order valence-electron chi connectivity index (χ3n) is 4.74. The molecule has 3 rings (SSSR count). The number of hydrogen-bond acceptors (Lipinski definition) is 8. The SMILES string of the molecule is NN/C=C(\N)CN(CCN(Cc1ccccn1)Cc1ccccn1)Cc1ccccn1. The minimum Gasteiger partial charge on any atom is -0.400 e. The highest BCUT2D eigenvalue weighted by Crippen LogP contribution is 2.09. The van der Waals surface area contributed by atoms with Crippen LogP contribution in [0.1, 0.15) is 17.1 Å². The topological polar surface area (TPSA) is 109 Å². The van der Waals surface area contributed by atoms with E-state index < -0.39 is 0 Å². The van der Waals surface area contributed by atoms with Crippen LogP contribution < -0.4 is 17.0 Å². The van der Waals surface area contributed by atoms with Gasteiger partial charge in [-0.3, -0.25) is 30.6 Å². The first-order valence-corrected chi connectivity index (χ1v) is 10.3. The first-order chi connectivity index (χ1) is 15.2. The van der Waals surface area contributed by atoms with Crippen LogP contribution in [-0.2, 0) is 19.6 Å². The van der Waals surface area contributed by atoms with Crippen LogP contribution in [0.2, 0.25) is 0 Å². The average molecular weight is 419 g/mol. The van der Waals surface area contributed by atoms with Gasteiger partial charge in [0.15, 0.2) is 0 Å². The van der Waals surface area contributed by atoms with Crippen LogP contribution in [0, 0.1) is 0 Å². The van der Waals surface area contributed by atoms with Gasteiger partial charge in [0.25, 0.3) is 0 Å². The Morgan fingerprint density at radius 2 is 1.19 bits per heavy atom. The van der Waals surface area contributed by atoms with E-state index in [1.165, 1.54) is 0 Å². The van der Waals surface area contributed by atoms with Crippen molar-refractivity contribution in [3.63, 3.8) is 0 Å². The number of aromatic nitrogens is 3. The molecule has 3 heterocycles. The Balaban J connectivity index is 1.70. The summed E-state index contributed by atoms with van der Waals surface area (Å²) in [5.41, 5.74) is 12.3. The van der Waals surface area contributed by atoms with Crippen molar-refractivity contribution in [2.45, 2.75) is 19.6 Å². The summed E-state index contributed by atoms with van der Waals surface area (Å²) in [6.45, 7) is 4.39. The molecule has 8 nitrogen and oxygen atoms in total. The maximum absolute atomic E-state index is 6.12. The summed E-state index contributed by atoms with van der Waals surface area (Å²) in [7, 11) is 0. The average Bonchev–Trinajstić information content (AvgIpc) is 2.79. The van der Waals surface area contributed by atoms with Gasteiger partial charge in [0.1, 0.15) is 0 Å². The molecule has 0 saturated carbocycles. The molecule has 8 heteroatoms. The fourth-order valence-electron chi connectivity index (χ4n) is 3.28. The summed E-state index contributed by atoms with van der Waals surface area (Å²) >= 11 is 0. The zero-order valence-corrected chi connectivity index (χ0v) is 17.6. The summed E-state index contributed by atoms with van der Waals surface area (Å²) in [6, 6.07) is 17.9. The number of nitrogens with zero attached hydrogens (tertiary/aromatic N) is 5. The standard InChI is InChI=1S/C23H30N8/c24-20(15-29-25)16-30(17-21-7-1-4-10-26-21)13-14-31(18-22-8-2-5-11-27-22)19-23-9-3-6-12-28-23/h1-12,15,29H,13-14,16-19,24-25H2/b20-15-. The summed E-state index contributed by atoms with van der Waals surface area (Å²) in [4.78, 5) is 18.0. The van der Waals surface area contributed by atoms with E-state index in [0.29, 0.717) is 18.8 Å². The molecule has 3 aromatic heterocycles. The van der Waals surface area contributed by atoms with Crippen molar-refractivity contribution in [3.05, 3.63) is 102 Å². The highest BCUT2D eigenvalue weighted by Gasteiger charge is 2.13. The Kier molecular flexibility index (Phi) is 8.93. The molecular weight excluding hydrogens is 388 g/mol. The number of pyridine rings is 3. The maximum Gasteiger partial charge on any atom is 0.0544 e. The molecule has 0 aliphatic rings. The Labute approximate surface area is 183 Å². The first kappa shape index (κ1) is 22.4. The normalized spacial score (nSPS) is 11.8. The van der Waals surface area contributed by atoms with E-state index in [0.717, 1.165) is 43.3 Å². The molecule has 0 aliphatic carbocycles. The summed E-state index contributed by atoms with van der Waals surface area (Å²) in [5, 5.41) is 0. The third kappa shape index (κ3) is 8.13. The quantitative estimate of drug-likeness (QED) is 0.301. The van der Waals surface area contributed by atoms with Crippen molar-refractivity contribution in [1.29, 1.82) is 0 Å². The number of nitrogens with one attached hydrogen (secondary N) is 1. The Morgan fingerprint density at radius 3 is 1.61 bits per heavy atom. The highest BCUT2D eigenvalue weighted by atomic mass is 15.2. The lowest BCUT2D eigenvalue weighted by Gasteiger charge is -2.27. The number of nitrogens with two attached hydrogens (primary N) is 2. The predicted molar refractivity (Wildman–Crippen MR) is 122 cm³/mol. The van der Waals surface area contributed by atoms with E-state index in [2.05, 4.69) is 30.2 Å². The highest BCUT2D eigenvalue weighted by molar-refractivity contribution is 5.07. The van der Waals surface area contributed by atoms with Crippen molar-refractivity contribution < 1.29 is 0 Å². The predicted octanol–water partition coefficient (Wildman–Crippen LogP) is 1.64.